The third-order valence-corrected chi connectivity index (χ3v) is 3.72. The number of methoxy groups -OCH3 is 1. The summed E-state index contributed by atoms with van der Waals surface area (Å²) in [7, 11) is 1.57. The maximum absolute atomic E-state index is 10.7. The van der Waals surface area contributed by atoms with Gasteiger partial charge in [-0.3, -0.25) is 0 Å². The largest absolute Gasteiger partial charge is 0.493 e. The fraction of sp³-hybridized carbons (Fsp3) is 0.294. The zero-order chi connectivity index (χ0) is 15.0. The Hall–Kier alpha value is -2.20. The Morgan fingerprint density at radius 3 is 2.67 bits per heavy atom. The summed E-state index contributed by atoms with van der Waals surface area (Å²) in [4.78, 5) is 0. The van der Waals surface area contributed by atoms with Crippen LogP contribution in [0.2, 0.25) is 0 Å². The number of aliphatic hydroxyl groups is 1. The van der Waals surface area contributed by atoms with Gasteiger partial charge in [0.15, 0.2) is 11.5 Å². The van der Waals surface area contributed by atoms with Gasteiger partial charge in [0.05, 0.1) is 7.11 Å². The summed E-state index contributed by atoms with van der Waals surface area (Å²) in [6.45, 7) is 4.21. The van der Waals surface area contributed by atoms with Crippen LogP contribution in [0.25, 0.3) is 0 Å². The molecule has 0 radical (unpaired) electrons. The molecule has 1 N–H and O–H groups in total. The number of aryl methyl sites for hydroxylation is 2. The van der Waals surface area contributed by atoms with Crippen LogP contribution in [-0.4, -0.2) is 19.0 Å². The van der Waals surface area contributed by atoms with Gasteiger partial charge in [0.25, 0.3) is 0 Å². The van der Waals surface area contributed by atoms with Crippen LogP contribution in [0.3, 0.4) is 0 Å². The standard InChI is InChI=1S/C17H18O4/c1-10-4-5-13(11(2)6-10)16(18)12-7-14(19-3)17-15(8-12)20-9-21-17/h4-8,16,18H,9H2,1-3H3. The van der Waals surface area contributed by atoms with Gasteiger partial charge < -0.3 is 19.3 Å². The van der Waals surface area contributed by atoms with Gasteiger partial charge in [0, 0.05) is 0 Å². The first-order chi connectivity index (χ1) is 10.1. The average Bonchev–Trinajstić information content (AvgIpc) is 2.94. The molecule has 0 spiro atoms. The van der Waals surface area contributed by atoms with Crippen molar-refractivity contribution in [2.75, 3.05) is 13.9 Å². The minimum Gasteiger partial charge on any atom is -0.493 e. The Labute approximate surface area is 123 Å². The molecule has 0 aromatic heterocycles. The highest BCUT2D eigenvalue weighted by molar-refractivity contribution is 5.56. The Bertz CT molecular complexity index is 679. The lowest BCUT2D eigenvalue weighted by Crippen LogP contribution is -2.03. The van der Waals surface area contributed by atoms with Crippen molar-refractivity contribution >= 4 is 0 Å². The Morgan fingerprint density at radius 1 is 1.14 bits per heavy atom. The lowest BCUT2D eigenvalue weighted by molar-refractivity contribution is 0.171. The summed E-state index contributed by atoms with van der Waals surface area (Å²) in [6, 6.07) is 9.59. The van der Waals surface area contributed by atoms with E-state index in [1.807, 2.05) is 26.0 Å². The molecule has 4 nitrogen and oxygen atoms in total. The lowest BCUT2D eigenvalue weighted by atomic mass is 9.95. The molecule has 0 saturated carbocycles. The quantitative estimate of drug-likeness (QED) is 0.941. The molecule has 1 aliphatic rings. The van der Waals surface area contributed by atoms with Crippen LogP contribution < -0.4 is 14.2 Å². The summed E-state index contributed by atoms with van der Waals surface area (Å²) in [5, 5.41) is 10.7. The van der Waals surface area contributed by atoms with Crippen molar-refractivity contribution in [1.82, 2.24) is 0 Å². The van der Waals surface area contributed by atoms with E-state index < -0.39 is 6.10 Å². The molecule has 1 heterocycles. The molecule has 1 unspecified atom stereocenters. The van der Waals surface area contributed by atoms with Crippen LogP contribution >= 0.6 is 0 Å². The molecule has 0 saturated heterocycles. The highest BCUT2D eigenvalue weighted by atomic mass is 16.7. The van der Waals surface area contributed by atoms with Crippen LogP contribution in [0.5, 0.6) is 17.2 Å². The second-order valence-corrected chi connectivity index (χ2v) is 5.22. The third-order valence-electron chi connectivity index (χ3n) is 3.72. The predicted molar refractivity (Wildman–Crippen MR) is 79.1 cm³/mol. The van der Waals surface area contributed by atoms with Crippen molar-refractivity contribution < 1.29 is 19.3 Å². The van der Waals surface area contributed by atoms with E-state index in [1.54, 1.807) is 19.2 Å². The first-order valence-electron chi connectivity index (χ1n) is 6.83. The number of rotatable bonds is 3. The first-order valence-corrected chi connectivity index (χ1v) is 6.83. The topological polar surface area (TPSA) is 47.9 Å². The van der Waals surface area contributed by atoms with Gasteiger partial charge in [-0.25, -0.2) is 0 Å². The van der Waals surface area contributed by atoms with E-state index in [-0.39, 0.29) is 6.79 Å². The molecule has 1 atom stereocenters. The van der Waals surface area contributed by atoms with Gasteiger partial charge in [-0.15, -0.1) is 0 Å². The molecule has 2 aromatic carbocycles. The lowest BCUT2D eigenvalue weighted by Gasteiger charge is -2.16. The van der Waals surface area contributed by atoms with Crippen molar-refractivity contribution in [2.45, 2.75) is 20.0 Å². The number of hydrogen-bond acceptors (Lipinski definition) is 4. The van der Waals surface area contributed by atoms with Crippen LogP contribution in [0, 0.1) is 13.8 Å². The van der Waals surface area contributed by atoms with Crippen LogP contribution in [0.15, 0.2) is 30.3 Å². The van der Waals surface area contributed by atoms with Gasteiger partial charge in [-0.05, 0) is 42.7 Å². The summed E-state index contributed by atoms with van der Waals surface area (Å²) in [5.41, 5.74) is 3.83. The van der Waals surface area contributed by atoms with Gasteiger partial charge >= 0.3 is 0 Å². The SMILES string of the molecule is COc1cc(C(O)c2ccc(C)cc2C)cc2c1OCO2. The highest BCUT2D eigenvalue weighted by Gasteiger charge is 2.23. The minimum atomic E-state index is -0.728. The Morgan fingerprint density at radius 2 is 1.95 bits per heavy atom. The maximum atomic E-state index is 10.7. The summed E-state index contributed by atoms with van der Waals surface area (Å²) in [6.07, 6.45) is -0.728. The van der Waals surface area contributed by atoms with E-state index in [1.165, 1.54) is 5.56 Å². The average molecular weight is 286 g/mol. The molecule has 0 bridgehead atoms. The molecule has 110 valence electrons. The van der Waals surface area contributed by atoms with E-state index in [0.29, 0.717) is 17.2 Å². The van der Waals surface area contributed by atoms with Crippen molar-refractivity contribution in [2.24, 2.45) is 0 Å². The number of hydrogen-bond donors (Lipinski definition) is 1. The molecule has 4 heteroatoms. The molecule has 0 amide bonds. The van der Waals surface area contributed by atoms with Gasteiger partial charge in [-0.2, -0.15) is 0 Å². The number of aliphatic hydroxyl groups excluding tert-OH is 1. The van der Waals surface area contributed by atoms with Crippen molar-refractivity contribution in [3.05, 3.63) is 52.6 Å². The monoisotopic (exact) mass is 286 g/mol. The van der Waals surface area contributed by atoms with Gasteiger partial charge in [0.2, 0.25) is 12.5 Å². The van der Waals surface area contributed by atoms with Crippen LogP contribution in [0.1, 0.15) is 28.4 Å². The van der Waals surface area contributed by atoms with E-state index in [0.717, 1.165) is 16.7 Å². The van der Waals surface area contributed by atoms with E-state index in [4.69, 9.17) is 14.2 Å². The van der Waals surface area contributed by atoms with Gasteiger partial charge in [0.1, 0.15) is 6.10 Å². The normalized spacial score (nSPS) is 14.1. The summed E-state index contributed by atoms with van der Waals surface area (Å²) >= 11 is 0. The number of fused-ring (bicyclic) bond motifs is 1. The highest BCUT2D eigenvalue weighted by Crippen LogP contribution is 2.43. The zero-order valence-corrected chi connectivity index (χ0v) is 12.3. The van der Waals surface area contributed by atoms with E-state index in [2.05, 4.69) is 6.07 Å². The second-order valence-electron chi connectivity index (χ2n) is 5.22. The summed E-state index contributed by atoms with van der Waals surface area (Å²) in [5.74, 6) is 1.77. The molecular formula is C17H18O4. The smallest absolute Gasteiger partial charge is 0.231 e. The molecule has 21 heavy (non-hydrogen) atoms. The zero-order valence-electron chi connectivity index (χ0n) is 12.3. The second kappa shape index (κ2) is 5.30. The molecule has 3 rings (SSSR count). The molecular weight excluding hydrogens is 268 g/mol. The minimum absolute atomic E-state index is 0.175. The molecule has 0 aliphatic carbocycles. The van der Waals surface area contributed by atoms with Gasteiger partial charge in [-0.1, -0.05) is 23.8 Å². The molecule has 2 aromatic rings. The van der Waals surface area contributed by atoms with E-state index in [9.17, 15) is 5.11 Å². The fourth-order valence-corrected chi connectivity index (χ4v) is 2.62. The maximum Gasteiger partial charge on any atom is 0.231 e. The fourth-order valence-electron chi connectivity index (χ4n) is 2.62. The third kappa shape index (κ3) is 2.43. The van der Waals surface area contributed by atoms with Crippen molar-refractivity contribution in [1.29, 1.82) is 0 Å². The van der Waals surface area contributed by atoms with Crippen molar-refractivity contribution in [3.8, 4) is 17.2 Å². The van der Waals surface area contributed by atoms with E-state index >= 15 is 0 Å². The Balaban J connectivity index is 2.03. The number of benzene rings is 2. The number of ether oxygens (including phenoxy) is 3. The molecule has 1 aliphatic heterocycles. The van der Waals surface area contributed by atoms with Crippen molar-refractivity contribution in [3.63, 3.8) is 0 Å². The molecule has 0 fully saturated rings. The summed E-state index contributed by atoms with van der Waals surface area (Å²) < 4.78 is 16.1. The predicted octanol–water partition coefficient (Wildman–Crippen LogP) is 3.12. The first kappa shape index (κ1) is 13.8. The Kier molecular flexibility index (Phi) is 3.47. The van der Waals surface area contributed by atoms with Crippen LogP contribution in [0.4, 0.5) is 0 Å². The van der Waals surface area contributed by atoms with Crippen LogP contribution in [-0.2, 0) is 0 Å².